The van der Waals surface area contributed by atoms with Crippen molar-refractivity contribution in [3.8, 4) is 0 Å². The summed E-state index contributed by atoms with van der Waals surface area (Å²) in [6, 6.07) is 3.17. The third-order valence-electron chi connectivity index (χ3n) is 3.30. The Kier molecular flexibility index (Phi) is 5.03. The number of aryl methyl sites for hydroxylation is 2. The number of hydrogen-bond acceptors (Lipinski definition) is 3. The molecule has 1 unspecified atom stereocenters. The molecular weight excluding hydrogens is 276 g/mol. The molecule has 0 aliphatic carbocycles. The largest absolute Gasteiger partial charge is 0.387 e. The Morgan fingerprint density at radius 3 is 2.81 bits per heavy atom. The number of halogens is 2. The average molecular weight is 295 g/mol. The number of benzene rings is 1. The summed E-state index contributed by atoms with van der Waals surface area (Å²) in [5.41, 5.74) is 2.13. The SMILES string of the molecule is CCc1nn(C)cc1CNCC(O)c1ccc(F)cc1F. The number of aromatic nitrogens is 2. The summed E-state index contributed by atoms with van der Waals surface area (Å²) in [5.74, 6) is -1.39. The van der Waals surface area contributed by atoms with Crippen molar-refractivity contribution in [1.29, 1.82) is 0 Å². The fourth-order valence-electron chi connectivity index (χ4n) is 2.25. The molecule has 0 aliphatic heterocycles. The minimum atomic E-state index is -1.02. The Labute approximate surface area is 122 Å². The van der Waals surface area contributed by atoms with E-state index >= 15 is 0 Å². The third-order valence-corrected chi connectivity index (χ3v) is 3.30. The normalized spacial score (nSPS) is 12.6. The van der Waals surface area contributed by atoms with Crippen molar-refractivity contribution in [1.82, 2.24) is 15.1 Å². The highest BCUT2D eigenvalue weighted by Crippen LogP contribution is 2.17. The highest BCUT2D eigenvalue weighted by atomic mass is 19.1. The van der Waals surface area contributed by atoms with Gasteiger partial charge in [0.25, 0.3) is 0 Å². The Hall–Kier alpha value is -1.79. The van der Waals surface area contributed by atoms with Crippen molar-refractivity contribution in [2.24, 2.45) is 7.05 Å². The van der Waals surface area contributed by atoms with Crippen LogP contribution in [0.5, 0.6) is 0 Å². The zero-order valence-electron chi connectivity index (χ0n) is 12.1. The minimum absolute atomic E-state index is 0.0887. The standard InChI is InChI=1S/C15H19F2N3O/c1-3-14-10(9-20(2)19-14)7-18-8-15(21)12-5-4-11(16)6-13(12)17/h4-6,9,15,18,21H,3,7-8H2,1-2H3. The summed E-state index contributed by atoms with van der Waals surface area (Å²) in [4.78, 5) is 0. The fraction of sp³-hybridized carbons (Fsp3) is 0.400. The second kappa shape index (κ2) is 6.78. The summed E-state index contributed by atoms with van der Waals surface area (Å²) < 4.78 is 28.1. The van der Waals surface area contributed by atoms with Gasteiger partial charge in [-0.3, -0.25) is 4.68 Å². The minimum Gasteiger partial charge on any atom is -0.387 e. The van der Waals surface area contributed by atoms with Gasteiger partial charge in [-0.15, -0.1) is 0 Å². The van der Waals surface area contributed by atoms with Crippen LogP contribution in [0.2, 0.25) is 0 Å². The van der Waals surface area contributed by atoms with E-state index in [0.29, 0.717) is 6.54 Å². The molecule has 2 N–H and O–H groups in total. The smallest absolute Gasteiger partial charge is 0.131 e. The molecule has 6 heteroatoms. The first-order chi connectivity index (χ1) is 10.0. The topological polar surface area (TPSA) is 50.1 Å². The lowest BCUT2D eigenvalue weighted by molar-refractivity contribution is 0.169. The van der Waals surface area contributed by atoms with Gasteiger partial charge in [0.15, 0.2) is 0 Å². The second-order valence-electron chi connectivity index (χ2n) is 4.94. The van der Waals surface area contributed by atoms with Crippen molar-refractivity contribution >= 4 is 0 Å². The molecular formula is C15H19F2N3O. The van der Waals surface area contributed by atoms with Crippen LogP contribution in [0.25, 0.3) is 0 Å². The van der Waals surface area contributed by atoms with Crippen LogP contribution in [0.4, 0.5) is 8.78 Å². The van der Waals surface area contributed by atoms with Crippen molar-refractivity contribution in [2.75, 3.05) is 6.54 Å². The lowest BCUT2D eigenvalue weighted by Crippen LogP contribution is -2.22. The van der Waals surface area contributed by atoms with E-state index in [1.807, 2.05) is 20.2 Å². The van der Waals surface area contributed by atoms with Gasteiger partial charge in [0, 0.05) is 43.5 Å². The zero-order chi connectivity index (χ0) is 15.4. The summed E-state index contributed by atoms with van der Waals surface area (Å²) in [7, 11) is 1.85. The van der Waals surface area contributed by atoms with Crippen molar-refractivity contribution in [3.63, 3.8) is 0 Å². The van der Waals surface area contributed by atoms with Gasteiger partial charge >= 0.3 is 0 Å². The van der Waals surface area contributed by atoms with Gasteiger partial charge in [-0.1, -0.05) is 13.0 Å². The molecule has 0 saturated carbocycles. The van der Waals surface area contributed by atoms with Gasteiger partial charge in [0.1, 0.15) is 11.6 Å². The van der Waals surface area contributed by atoms with E-state index in [1.54, 1.807) is 4.68 Å². The number of aliphatic hydroxyl groups is 1. The number of rotatable bonds is 6. The van der Waals surface area contributed by atoms with E-state index in [0.717, 1.165) is 29.8 Å². The van der Waals surface area contributed by atoms with E-state index < -0.39 is 17.7 Å². The zero-order valence-corrected chi connectivity index (χ0v) is 12.1. The number of nitrogens with zero attached hydrogens (tertiary/aromatic N) is 2. The molecule has 0 bridgehead atoms. The molecule has 0 saturated heterocycles. The Balaban J connectivity index is 1.93. The van der Waals surface area contributed by atoms with Crippen LogP contribution >= 0.6 is 0 Å². The van der Waals surface area contributed by atoms with E-state index in [-0.39, 0.29) is 12.1 Å². The van der Waals surface area contributed by atoms with Crippen LogP contribution in [0.3, 0.4) is 0 Å². The highest BCUT2D eigenvalue weighted by Gasteiger charge is 2.13. The van der Waals surface area contributed by atoms with Gasteiger partial charge in [0.05, 0.1) is 11.8 Å². The summed E-state index contributed by atoms with van der Waals surface area (Å²) in [6.07, 6.45) is 1.72. The molecule has 0 spiro atoms. The maximum absolute atomic E-state index is 13.5. The maximum Gasteiger partial charge on any atom is 0.131 e. The molecule has 2 rings (SSSR count). The molecule has 1 aromatic heterocycles. The molecule has 0 aliphatic rings. The molecule has 1 heterocycles. The van der Waals surface area contributed by atoms with Crippen LogP contribution in [-0.2, 0) is 20.0 Å². The predicted molar refractivity (Wildman–Crippen MR) is 75.6 cm³/mol. The predicted octanol–water partition coefficient (Wildman–Crippen LogP) is 2.08. The molecule has 0 fully saturated rings. The van der Waals surface area contributed by atoms with Crippen LogP contribution in [0, 0.1) is 11.6 Å². The Morgan fingerprint density at radius 1 is 1.38 bits per heavy atom. The molecule has 0 radical (unpaired) electrons. The first-order valence-corrected chi connectivity index (χ1v) is 6.86. The first-order valence-electron chi connectivity index (χ1n) is 6.86. The molecule has 114 valence electrons. The number of aliphatic hydroxyl groups excluding tert-OH is 1. The molecule has 1 aromatic carbocycles. The van der Waals surface area contributed by atoms with Crippen molar-refractivity contribution in [3.05, 3.63) is 52.9 Å². The lowest BCUT2D eigenvalue weighted by atomic mass is 10.1. The lowest BCUT2D eigenvalue weighted by Gasteiger charge is -2.13. The molecule has 2 aromatic rings. The second-order valence-corrected chi connectivity index (χ2v) is 4.94. The molecule has 21 heavy (non-hydrogen) atoms. The van der Waals surface area contributed by atoms with Gasteiger partial charge in [-0.2, -0.15) is 5.10 Å². The monoisotopic (exact) mass is 295 g/mol. The van der Waals surface area contributed by atoms with Gasteiger partial charge in [0.2, 0.25) is 0 Å². The van der Waals surface area contributed by atoms with Gasteiger partial charge in [-0.25, -0.2) is 8.78 Å². The number of hydrogen-bond donors (Lipinski definition) is 2. The average Bonchev–Trinajstić information content (AvgIpc) is 2.78. The van der Waals surface area contributed by atoms with E-state index in [2.05, 4.69) is 10.4 Å². The highest BCUT2D eigenvalue weighted by molar-refractivity contribution is 5.21. The van der Waals surface area contributed by atoms with Gasteiger partial charge < -0.3 is 10.4 Å². The number of nitrogens with one attached hydrogen (secondary N) is 1. The molecule has 1 atom stereocenters. The van der Waals surface area contributed by atoms with Crippen molar-refractivity contribution in [2.45, 2.75) is 26.0 Å². The van der Waals surface area contributed by atoms with Crippen molar-refractivity contribution < 1.29 is 13.9 Å². The molecule has 4 nitrogen and oxygen atoms in total. The fourth-order valence-corrected chi connectivity index (χ4v) is 2.25. The van der Waals surface area contributed by atoms with E-state index in [1.165, 1.54) is 6.07 Å². The summed E-state index contributed by atoms with van der Waals surface area (Å²) in [6.45, 7) is 2.74. The Bertz CT molecular complexity index is 613. The van der Waals surface area contributed by atoms with E-state index in [4.69, 9.17) is 0 Å². The van der Waals surface area contributed by atoms with Crippen LogP contribution in [-0.4, -0.2) is 21.4 Å². The van der Waals surface area contributed by atoms with Crippen LogP contribution in [0.1, 0.15) is 29.8 Å². The first kappa shape index (κ1) is 15.6. The maximum atomic E-state index is 13.5. The van der Waals surface area contributed by atoms with E-state index in [9.17, 15) is 13.9 Å². The summed E-state index contributed by atoms with van der Waals surface area (Å²) >= 11 is 0. The quantitative estimate of drug-likeness (QED) is 0.858. The summed E-state index contributed by atoms with van der Waals surface area (Å²) in [5, 5.41) is 17.3. The van der Waals surface area contributed by atoms with Crippen LogP contribution < -0.4 is 5.32 Å². The van der Waals surface area contributed by atoms with Gasteiger partial charge in [-0.05, 0) is 12.5 Å². The third kappa shape index (κ3) is 3.86. The Morgan fingerprint density at radius 2 is 2.14 bits per heavy atom. The molecule has 0 amide bonds. The van der Waals surface area contributed by atoms with Crippen LogP contribution in [0.15, 0.2) is 24.4 Å².